The molecule has 1 heterocycles. The van der Waals surface area contributed by atoms with Crippen molar-refractivity contribution in [3.63, 3.8) is 0 Å². The van der Waals surface area contributed by atoms with Crippen molar-refractivity contribution in [1.82, 2.24) is 10.2 Å². The van der Waals surface area contributed by atoms with Gasteiger partial charge in [-0.15, -0.1) is 24.0 Å². The van der Waals surface area contributed by atoms with Crippen LogP contribution in [0.25, 0.3) is 0 Å². The highest BCUT2D eigenvalue weighted by molar-refractivity contribution is 14.0. The van der Waals surface area contributed by atoms with Crippen molar-refractivity contribution in [1.29, 1.82) is 0 Å². The SMILES string of the molecule is CN=C(NCC1(CCOC)CCCC1)N1CC(C)C(C(=O)OC)C1.I. The van der Waals surface area contributed by atoms with E-state index in [9.17, 15) is 4.79 Å². The Morgan fingerprint density at radius 2 is 1.96 bits per heavy atom. The lowest BCUT2D eigenvalue weighted by Crippen LogP contribution is -2.45. The predicted molar refractivity (Wildman–Crippen MR) is 110 cm³/mol. The van der Waals surface area contributed by atoms with Crippen LogP contribution < -0.4 is 5.32 Å². The molecular weight excluding hydrogens is 433 g/mol. The summed E-state index contributed by atoms with van der Waals surface area (Å²) < 4.78 is 10.2. The summed E-state index contributed by atoms with van der Waals surface area (Å²) in [6.07, 6.45) is 6.20. The van der Waals surface area contributed by atoms with Crippen molar-refractivity contribution in [2.75, 3.05) is 47.5 Å². The van der Waals surface area contributed by atoms with E-state index in [2.05, 4.69) is 22.1 Å². The first kappa shape index (κ1) is 22.5. The largest absolute Gasteiger partial charge is 0.469 e. The van der Waals surface area contributed by atoms with Crippen LogP contribution in [0.4, 0.5) is 0 Å². The van der Waals surface area contributed by atoms with Crippen LogP contribution >= 0.6 is 24.0 Å². The fourth-order valence-electron chi connectivity index (χ4n) is 4.16. The van der Waals surface area contributed by atoms with Gasteiger partial charge in [0.1, 0.15) is 0 Å². The lowest BCUT2D eigenvalue weighted by Gasteiger charge is -2.31. The lowest BCUT2D eigenvalue weighted by molar-refractivity contribution is -0.145. The third kappa shape index (κ3) is 5.70. The number of carbonyl (C=O) groups excluding carboxylic acids is 1. The van der Waals surface area contributed by atoms with Crippen molar-refractivity contribution in [3.05, 3.63) is 0 Å². The summed E-state index contributed by atoms with van der Waals surface area (Å²) in [4.78, 5) is 18.5. The molecule has 1 aliphatic heterocycles. The molecule has 2 fully saturated rings. The Kier molecular flexibility index (Phi) is 9.48. The van der Waals surface area contributed by atoms with Gasteiger partial charge in [0, 0.05) is 40.4 Å². The molecule has 1 N–H and O–H groups in total. The number of nitrogens with zero attached hydrogens (tertiary/aromatic N) is 2. The summed E-state index contributed by atoms with van der Waals surface area (Å²) in [5, 5.41) is 3.57. The maximum atomic E-state index is 11.9. The topological polar surface area (TPSA) is 63.2 Å². The summed E-state index contributed by atoms with van der Waals surface area (Å²) in [5.41, 5.74) is 0.318. The minimum absolute atomic E-state index is 0. The van der Waals surface area contributed by atoms with Gasteiger partial charge in [0.25, 0.3) is 0 Å². The quantitative estimate of drug-likeness (QED) is 0.282. The zero-order valence-electron chi connectivity index (χ0n) is 16.0. The number of ether oxygens (including phenoxy) is 2. The number of halogens is 1. The van der Waals surface area contributed by atoms with Crippen LogP contribution in [0, 0.1) is 17.3 Å². The van der Waals surface area contributed by atoms with E-state index < -0.39 is 0 Å². The summed E-state index contributed by atoms with van der Waals surface area (Å²) in [7, 11) is 5.05. The second-order valence-corrected chi connectivity index (χ2v) is 7.36. The molecule has 1 saturated carbocycles. The number of rotatable bonds is 6. The lowest BCUT2D eigenvalue weighted by atomic mass is 9.83. The number of nitrogens with one attached hydrogen (secondary N) is 1. The van der Waals surface area contributed by atoms with Gasteiger partial charge in [-0.3, -0.25) is 9.79 Å². The molecule has 2 aliphatic rings. The Hall–Kier alpha value is -0.570. The number of esters is 1. The van der Waals surface area contributed by atoms with Gasteiger partial charge in [-0.2, -0.15) is 0 Å². The molecule has 2 atom stereocenters. The van der Waals surface area contributed by atoms with Gasteiger partial charge in [-0.1, -0.05) is 19.8 Å². The van der Waals surface area contributed by atoms with Crippen LogP contribution in [0.2, 0.25) is 0 Å². The van der Waals surface area contributed by atoms with E-state index in [1.807, 2.05) is 7.05 Å². The van der Waals surface area contributed by atoms with Gasteiger partial charge in [0.05, 0.1) is 13.0 Å². The van der Waals surface area contributed by atoms with Crippen LogP contribution in [-0.4, -0.2) is 64.3 Å². The molecule has 146 valence electrons. The van der Waals surface area contributed by atoms with Crippen molar-refractivity contribution in [2.24, 2.45) is 22.2 Å². The number of likely N-dealkylation sites (tertiary alicyclic amines) is 1. The minimum Gasteiger partial charge on any atom is -0.469 e. The smallest absolute Gasteiger partial charge is 0.310 e. The van der Waals surface area contributed by atoms with Gasteiger partial charge in [-0.25, -0.2) is 0 Å². The molecule has 2 rings (SSSR count). The first-order valence-electron chi connectivity index (χ1n) is 9.07. The molecule has 0 amide bonds. The molecule has 1 aliphatic carbocycles. The maximum Gasteiger partial charge on any atom is 0.310 e. The average molecular weight is 467 g/mol. The maximum absolute atomic E-state index is 11.9. The third-order valence-electron chi connectivity index (χ3n) is 5.75. The highest BCUT2D eigenvalue weighted by Crippen LogP contribution is 2.40. The van der Waals surface area contributed by atoms with Gasteiger partial charge in [0.15, 0.2) is 5.96 Å². The van der Waals surface area contributed by atoms with Crippen molar-refractivity contribution in [2.45, 2.75) is 39.0 Å². The molecule has 0 aromatic heterocycles. The van der Waals surface area contributed by atoms with E-state index in [-0.39, 0.29) is 41.8 Å². The van der Waals surface area contributed by atoms with Gasteiger partial charge in [-0.05, 0) is 30.6 Å². The molecule has 6 nitrogen and oxygen atoms in total. The fourth-order valence-corrected chi connectivity index (χ4v) is 4.16. The molecule has 0 bridgehead atoms. The molecule has 0 aromatic carbocycles. The van der Waals surface area contributed by atoms with Gasteiger partial charge >= 0.3 is 5.97 Å². The number of aliphatic imine (C=N–C) groups is 1. The summed E-state index contributed by atoms with van der Waals surface area (Å²) >= 11 is 0. The van der Waals surface area contributed by atoms with E-state index in [1.165, 1.54) is 32.8 Å². The van der Waals surface area contributed by atoms with E-state index in [0.717, 1.165) is 32.1 Å². The highest BCUT2D eigenvalue weighted by atomic mass is 127. The van der Waals surface area contributed by atoms with E-state index in [0.29, 0.717) is 12.0 Å². The predicted octanol–water partition coefficient (Wildman–Crippen LogP) is 2.52. The second-order valence-electron chi connectivity index (χ2n) is 7.36. The molecular formula is C18H34IN3O3. The summed E-state index contributed by atoms with van der Waals surface area (Å²) in [6, 6.07) is 0. The van der Waals surface area contributed by atoms with Crippen LogP contribution in [-0.2, 0) is 14.3 Å². The Bertz CT molecular complexity index is 453. The number of hydrogen-bond donors (Lipinski definition) is 1. The number of hydrogen-bond acceptors (Lipinski definition) is 4. The Morgan fingerprint density at radius 1 is 1.28 bits per heavy atom. The Labute approximate surface area is 169 Å². The molecule has 0 aromatic rings. The molecule has 7 heteroatoms. The highest BCUT2D eigenvalue weighted by Gasteiger charge is 2.38. The molecule has 0 spiro atoms. The van der Waals surface area contributed by atoms with Crippen LogP contribution in [0.3, 0.4) is 0 Å². The molecule has 25 heavy (non-hydrogen) atoms. The van der Waals surface area contributed by atoms with Gasteiger partial charge < -0.3 is 19.7 Å². The van der Waals surface area contributed by atoms with E-state index in [4.69, 9.17) is 9.47 Å². The van der Waals surface area contributed by atoms with Crippen LogP contribution in [0.15, 0.2) is 4.99 Å². The summed E-state index contributed by atoms with van der Waals surface area (Å²) in [5.74, 6) is 0.997. The Balaban J connectivity index is 0.00000312. The Morgan fingerprint density at radius 3 is 2.52 bits per heavy atom. The van der Waals surface area contributed by atoms with Crippen molar-refractivity contribution in [3.8, 4) is 0 Å². The zero-order valence-corrected chi connectivity index (χ0v) is 18.4. The number of methoxy groups -OCH3 is 2. The minimum atomic E-state index is -0.118. The fraction of sp³-hybridized carbons (Fsp3) is 0.889. The van der Waals surface area contributed by atoms with Crippen molar-refractivity contribution >= 4 is 35.9 Å². The first-order chi connectivity index (χ1) is 11.5. The number of carbonyl (C=O) groups is 1. The third-order valence-corrected chi connectivity index (χ3v) is 5.75. The van der Waals surface area contributed by atoms with Crippen LogP contribution in [0.1, 0.15) is 39.0 Å². The summed E-state index contributed by atoms with van der Waals surface area (Å²) in [6.45, 7) is 5.36. The molecule has 1 saturated heterocycles. The van der Waals surface area contributed by atoms with E-state index >= 15 is 0 Å². The monoisotopic (exact) mass is 467 g/mol. The van der Waals surface area contributed by atoms with E-state index in [1.54, 1.807) is 7.11 Å². The average Bonchev–Trinajstić information content (AvgIpc) is 3.20. The van der Waals surface area contributed by atoms with Crippen molar-refractivity contribution < 1.29 is 14.3 Å². The second kappa shape index (κ2) is 10.5. The standard InChI is InChI=1S/C18H33N3O3.HI/c1-14-11-21(12-15(14)16(22)24-4)17(19-2)20-13-18(9-10-23-3)7-5-6-8-18;/h14-15H,5-13H2,1-4H3,(H,19,20);1H. The zero-order chi connectivity index (χ0) is 17.6. The van der Waals surface area contributed by atoms with Crippen LogP contribution in [0.5, 0.6) is 0 Å². The molecule has 0 radical (unpaired) electrons. The normalized spacial score (nSPS) is 25.6. The molecule has 2 unspecified atom stereocenters. The first-order valence-corrected chi connectivity index (χ1v) is 9.07. The van der Waals surface area contributed by atoms with Gasteiger partial charge in [0.2, 0.25) is 0 Å². The number of guanidine groups is 1.